The number of aromatic nitrogens is 2. The number of amides is 2. The van der Waals surface area contributed by atoms with Crippen molar-refractivity contribution in [2.75, 3.05) is 11.9 Å². The number of carbonyl (C=O) groups excluding carboxylic acids is 2. The Morgan fingerprint density at radius 2 is 1.59 bits per heavy atom. The molecule has 0 saturated carbocycles. The molecule has 0 bridgehead atoms. The first-order valence-corrected chi connectivity index (χ1v) is 10.3. The average Bonchev–Trinajstić information content (AvgIpc) is 2.82. The van der Waals surface area contributed by atoms with E-state index in [0.29, 0.717) is 35.1 Å². The summed E-state index contributed by atoms with van der Waals surface area (Å²) in [6, 6.07) is 23.7. The zero-order valence-electron chi connectivity index (χ0n) is 17.3. The van der Waals surface area contributed by atoms with Crippen molar-refractivity contribution in [1.82, 2.24) is 15.1 Å². The van der Waals surface area contributed by atoms with Crippen LogP contribution in [0.3, 0.4) is 0 Å². The maximum absolute atomic E-state index is 12.7. The summed E-state index contributed by atoms with van der Waals surface area (Å²) in [6.07, 6.45) is 1.91. The standard InChI is InChI=1S/C25H22N4O3/c30-23-16-27-29(22-13-7-5-11-20(22)23)17-24(31)28-21-12-6-4-10-19(21)25(32)26-15-14-18-8-2-1-3-9-18/h1-13,16H,14-15,17H2,(H,26,32)(H,28,31). The van der Waals surface area contributed by atoms with Gasteiger partial charge in [-0.15, -0.1) is 0 Å². The topological polar surface area (TPSA) is 93.1 Å². The Hall–Kier alpha value is -4.26. The van der Waals surface area contributed by atoms with Crippen molar-refractivity contribution in [2.24, 2.45) is 0 Å². The molecule has 0 aliphatic carbocycles. The largest absolute Gasteiger partial charge is 0.352 e. The highest BCUT2D eigenvalue weighted by Crippen LogP contribution is 2.16. The fourth-order valence-electron chi connectivity index (χ4n) is 3.46. The first-order valence-electron chi connectivity index (χ1n) is 10.3. The van der Waals surface area contributed by atoms with Crippen molar-refractivity contribution in [3.8, 4) is 0 Å². The van der Waals surface area contributed by atoms with Crippen LogP contribution in [0.4, 0.5) is 5.69 Å². The van der Waals surface area contributed by atoms with Gasteiger partial charge in [-0.05, 0) is 36.2 Å². The van der Waals surface area contributed by atoms with E-state index < -0.39 is 0 Å². The van der Waals surface area contributed by atoms with E-state index >= 15 is 0 Å². The zero-order chi connectivity index (χ0) is 22.3. The SMILES string of the molecule is O=C(Cn1ncc(=O)c2ccccc21)Nc1ccccc1C(=O)NCCc1ccccc1. The molecule has 0 radical (unpaired) electrons. The fraction of sp³-hybridized carbons (Fsp3) is 0.120. The Morgan fingerprint density at radius 3 is 2.44 bits per heavy atom. The minimum atomic E-state index is -0.351. The number of para-hydroxylation sites is 2. The summed E-state index contributed by atoms with van der Waals surface area (Å²) >= 11 is 0. The van der Waals surface area contributed by atoms with E-state index in [-0.39, 0.29) is 23.8 Å². The van der Waals surface area contributed by atoms with Crippen LogP contribution in [0.5, 0.6) is 0 Å². The summed E-state index contributed by atoms with van der Waals surface area (Å²) in [5, 5.41) is 10.3. The van der Waals surface area contributed by atoms with Crippen molar-refractivity contribution in [3.63, 3.8) is 0 Å². The Balaban J connectivity index is 1.44. The van der Waals surface area contributed by atoms with E-state index in [1.54, 1.807) is 48.5 Å². The number of anilines is 1. The molecule has 32 heavy (non-hydrogen) atoms. The van der Waals surface area contributed by atoms with Gasteiger partial charge >= 0.3 is 0 Å². The smallest absolute Gasteiger partial charge is 0.253 e. The predicted octanol–water partition coefficient (Wildman–Crippen LogP) is 3.01. The maximum Gasteiger partial charge on any atom is 0.253 e. The second kappa shape index (κ2) is 9.70. The van der Waals surface area contributed by atoms with Gasteiger partial charge in [0.25, 0.3) is 5.91 Å². The summed E-state index contributed by atoms with van der Waals surface area (Å²) in [7, 11) is 0. The molecule has 0 atom stereocenters. The quantitative estimate of drug-likeness (QED) is 0.475. The summed E-state index contributed by atoms with van der Waals surface area (Å²) in [6.45, 7) is 0.392. The van der Waals surface area contributed by atoms with Crippen molar-refractivity contribution in [1.29, 1.82) is 0 Å². The highest BCUT2D eigenvalue weighted by molar-refractivity contribution is 6.03. The summed E-state index contributed by atoms with van der Waals surface area (Å²) in [5.74, 6) is -0.611. The first kappa shape index (κ1) is 21.0. The number of hydrogen-bond donors (Lipinski definition) is 2. The Morgan fingerprint density at radius 1 is 0.875 bits per heavy atom. The van der Waals surface area contributed by atoms with Crippen LogP contribution < -0.4 is 16.1 Å². The lowest BCUT2D eigenvalue weighted by Crippen LogP contribution is -2.28. The summed E-state index contributed by atoms with van der Waals surface area (Å²) in [5.41, 5.74) is 2.30. The van der Waals surface area contributed by atoms with Crippen LogP contribution in [-0.4, -0.2) is 28.1 Å². The van der Waals surface area contributed by atoms with E-state index in [2.05, 4.69) is 15.7 Å². The molecule has 1 aromatic heterocycles. The number of rotatable bonds is 7. The van der Waals surface area contributed by atoms with Gasteiger partial charge in [-0.3, -0.25) is 19.1 Å². The molecule has 0 unspecified atom stereocenters. The van der Waals surface area contributed by atoms with Crippen LogP contribution in [-0.2, 0) is 17.8 Å². The lowest BCUT2D eigenvalue weighted by Gasteiger charge is -2.13. The Labute approximate surface area is 184 Å². The first-order chi connectivity index (χ1) is 15.6. The molecule has 0 saturated heterocycles. The third-order valence-corrected chi connectivity index (χ3v) is 5.04. The molecule has 0 aliphatic heterocycles. The van der Waals surface area contributed by atoms with Gasteiger partial charge in [-0.2, -0.15) is 5.10 Å². The second-order valence-electron chi connectivity index (χ2n) is 7.27. The van der Waals surface area contributed by atoms with Gasteiger partial charge in [0.2, 0.25) is 11.3 Å². The van der Waals surface area contributed by atoms with Gasteiger partial charge in [-0.25, -0.2) is 0 Å². The zero-order valence-corrected chi connectivity index (χ0v) is 17.3. The maximum atomic E-state index is 12.7. The molecule has 0 spiro atoms. The van der Waals surface area contributed by atoms with Crippen molar-refractivity contribution in [2.45, 2.75) is 13.0 Å². The van der Waals surface area contributed by atoms with E-state index in [4.69, 9.17) is 0 Å². The molecule has 1 heterocycles. The van der Waals surface area contributed by atoms with Crippen LogP contribution in [0.2, 0.25) is 0 Å². The molecule has 0 fully saturated rings. The number of hydrogen-bond acceptors (Lipinski definition) is 4. The molecule has 7 nitrogen and oxygen atoms in total. The van der Waals surface area contributed by atoms with E-state index in [9.17, 15) is 14.4 Å². The van der Waals surface area contributed by atoms with Crippen LogP contribution >= 0.6 is 0 Å². The molecule has 2 amide bonds. The third kappa shape index (κ3) is 4.89. The van der Waals surface area contributed by atoms with Crippen molar-refractivity contribution < 1.29 is 9.59 Å². The molecule has 160 valence electrons. The number of nitrogens with zero attached hydrogens (tertiary/aromatic N) is 2. The second-order valence-corrected chi connectivity index (χ2v) is 7.27. The normalized spacial score (nSPS) is 10.6. The Bertz CT molecular complexity index is 1320. The average molecular weight is 426 g/mol. The van der Waals surface area contributed by atoms with Crippen LogP contribution in [0, 0.1) is 0 Å². The Kier molecular flexibility index (Phi) is 6.36. The van der Waals surface area contributed by atoms with Gasteiger partial charge in [0.05, 0.1) is 23.0 Å². The number of carbonyl (C=O) groups is 2. The minimum Gasteiger partial charge on any atom is -0.352 e. The van der Waals surface area contributed by atoms with E-state index in [1.807, 2.05) is 30.3 Å². The van der Waals surface area contributed by atoms with Gasteiger partial charge in [-0.1, -0.05) is 54.6 Å². The van der Waals surface area contributed by atoms with Crippen LogP contribution in [0.15, 0.2) is 89.9 Å². The summed E-state index contributed by atoms with van der Waals surface area (Å²) in [4.78, 5) is 37.4. The molecular weight excluding hydrogens is 404 g/mol. The van der Waals surface area contributed by atoms with Crippen LogP contribution in [0.1, 0.15) is 15.9 Å². The van der Waals surface area contributed by atoms with E-state index in [1.165, 1.54) is 10.9 Å². The highest BCUT2D eigenvalue weighted by Gasteiger charge is 2.14. The van der Waals surface area contributed by atoms with Gasteiger partial charge < -0.3 is 10.6 Å². The molecule has 4 rings (SSSR count). The molecule has 0 aliphatic rings. The number of fused-ring (bicyclic) bond motifs is 1. The highest BCUT2D eigenvalue weighted by atomic mass is 16.2. The molecule has 4 aromatic rings. The molecule has 3 aromatic carbocycles. The van der Waals surface area contributed by atoms with Gasteiger partial charge in [0, 0.05) is 11.9 Å². The predicted molar refractivity (Wildman–Crippen MR) is 124 cm³/mol. The molecule has 2 N–H and O–H groups in total. The lowest BCUT2D eigenvalue weighted by molar-refractivity contribution is -0.116. The molecule has 7 heteroatoms. The lowest BCUT2D eigenvalue weighted by atomic mass is 10.1. The van der Waals surface area contributed by atoms with Crippen molar-refractivity contribution in [3.05, 3.63) is 106 Å². The minimum absolute atomic E-state index is 0.0925. The fourth-order valence-corrected chi connectivity index (χ4v) is 3.46. The third-order valence-electron chi connectivity index (χ3n) is 5.04. The summed E-state index contributed by atoms with van der Waals surface area (Å²) < 4.78 is 1.47. The number of nitrogens with one attached hydrogen (secondary N) is 2. The van der Waals surface area contributed by atoms with Gasteiger partial charge in [0.1, 0.15) is 6.54 Å². The van der Waals surface area contributed by atoms with E-state index in [0.717, 1.165) is 5.56 Å². The van der Waals surface area contributed by atoms with Gasteiger partial charge in [0.15, 0.2) is 0 Å². The monoisotopic (exact) mass is 426 g/mol. The number of benzene rings is 3. The van der Waals surface area contributed by atoms with Crippen molar-refractivity contribution >= 4 is 28.4 Å². The van der Waals surface area contributed by atoms with Crippen LogP contribution in [0.25, 0.3) is 10.9 Å². The molecular formula is C25H22N4O3.